The molecule has 2 rings (SSSR count). The molecule has 5 heteroatoms. The Morgan fingerprint density at radius 1 is 1.56 bits per heavy atom. The lowest BCUT2D eigenvalue weighted by molar-refractivity contribution is 0.0705. The molecule has 1 fully saturated rings. The number of aromatic nitrogens is 2. The van der Waals surface area contributed by atoms with Gasteiger partial charge in [0.2, 0.25) is 5.89 Å². The van der Waals surface area contributed by atoms with Crippen molar-refractivity contribution in [3.05, 3.63) is 11.7 Å². The van der Waals surface area contributed by atoms with Gasteiger partial charge in [0.05, 0.1) is 12.5 Å². The maximum Gasteiger partial charge on any atom is 0.232 e. The van der Waals surface area contributed by atoms with Gasteiger partial charge in [-0.05, 0) is 19.3 Å². The molecule has 2 unspecified atom stereocenters. The Balaban J connectivity index is 1.95. The number of rotatable bonds is 4. The zero-order chi connectivity index (χ0) is 11.4. The highest BCUT2D eigenvalue weighted by atomic mass is 16.5. The average Bonchev–Trinajstić information content (AvgIpc) is 2.78. The average molecular weight is 225 g/mol. The molecule has 2 atom stereocenters. The van der Waals surface area contributed by atoms with Crippen molar-refractivity contribution in [3.63, 3.8) is 0 Å². The van der Waals surface area contributed by atoms with Gasteiger partial charge in [-0.1, -0.05) is 12.1 Å². The van der Waals surface area contributed by atoms with E-state index >= 15 is 0 Å². The van der Waals surface area contributed by atoms with E-state index in [1.807, 2.05) is 0 Å². The molecule has 0 bridgehead atoms. The molecule has 2 N–H and O–H groups in total. The monoisotopic (exact) mass is 225 g/mol. The molecule has 1 saturated heterocycles. The van der Waals surface area contributed by atoms with Crippen LogP contribution >= 0.6 is 0 Å². The molecule has 2 heterocycles. The summed E-state index contributed by atoms with van der Waals surface area (Å²) < 4.78 is 10.6. The van der Waals surface area contributed by atoms with Crippen molar-refractivity contribution < 1.29 is 9.26 Å². The smallest absolute Gasteiger partial charge is 0.232 e. The molecule has 0 saturated carbocycles. The van der Waals surface area contributed by atoms with Gasteiger partial charge in [-0.3, -0.25) is 0 Å². The van der Waals surface area contributed by atoms with Gasteiger partial charge in [0.15, 0.2) is 5.82 Å². The minimum absolute atomic E-state index is 0.119. The van der Waals surface area contributed by atoms with Gasteiger partial charge >= 0.3 is 0 Å². The first-order chi connectivity index (χ1) is 7.79. The van der Waals surface area contributed by atoms with Crippen molar-refractivity contribution in [3.8, 4) is 0 Å². The molecule has 0 aromatic carbocycles. The van der Waals surface area contributed by atoms with Gasteiger partial charge in [-0.25, -0.2) is 0 Å². The molecule has 0 aliphatic carbocycles. The van der Waals surface area contributed by atoms with Crippen molar-refractivity contribution in [2.45, 2.75) is 44.6 Å². The Hall–Kier alpha value is -0.940. The first kappa shape index (κ1) is 11.5. The Morgan fingerprint density at radius 2 is 2.44 bits per heavy atom. The summed E-state index contributed by atoms with van der Waals surface area (Å²) in [4.78, 5) is 4.38. The van der Waals surface area contributed by atoms with Crippen LogP contribution in [0.15, 0.2) is 4.52 Å². The van der Waals surface area contributed by atoms with Crippen LogP contribution in [0.5, 0.6) is 0 Å². The summed E-state index contributed by atoms with van der Waals surface area (Å²) >= 11 is 0. The lowest BCUT2D eigenvalue weighted by Crippen LogP contribution is -2.22. The normalized spacial score (nSPS) is 23.2. The number of ether oxygens (including phenoxy) is 1. The van der Waals surface area contributed by atoms with Crippen LogP contribution in [-0.2, 0) is 11.2 Å². The minimum Gasteiger partial charge on any atom is -0.381 e. The molecule has 1 aromatic rings. The summed E-state index contributed by atoms with van der Waals surface area (Å²) in [5.41, 5.74) is 5.85. The fourth-order valence-corrected chi connectivity index (χ4v) is 1.83. The van der Waals surface area contributed by atoms with Crippen LogP contribution in [0.1, 0.15) is 43.8 Å². The van der Waals surface area contributed by atoms with Crippen molar-refractivity contribution >= 4 is 0 Å². The topological polar surface area (TPSA) is 74.2 Å². The molecule has 1 aliphatic heterocycles. The van der Waals surface area contributed by atoms with E-state index in [4.69, 9.17) is 15.0 Å². The second-order valence-corrected chi connectivity index (χ2v) is 4.34. The molecule has 16 heavy (non-hydrogen) atoms. The van der Waals surface area contributed by atoms with Gasteiger partial charge in [-0.15, -0.1) is 0 Å². The van der Waals surface area contributed by atoms with E-state index in [0.29, 0.717) is 18.9 Å². The quantitative estimate of drug-likeness (QED) is 0.834. The highest BCUT2D eigenvalue weighted by molar-refractivity contribution is 4.96. The molecular formula is C11H19N3O2. The van der Waals surface area contributed by atoms with Crippen LogP contribution < -0.4 is 5.73 Å². The highest BCUT2D eigenvalue weighted by Crippen LogP contribution is 2.23. The van der Waals surface area contributed by atoms with E-state index < -0.39 is 0 Å². The Labute approximate surface area is 95.3 Å². The number of nitrogens with zero attached hydrogens (tertiary/aromatic N) is 2. The van der Waals surface area contributed by atoms with Crippen molar-refractivity contribution in [2.24, 2.45) is 5.73 Å². The summed E-state index contributed by atoms with van der Waals surface area (Å²) in [6.07, 6.45) is 3.75. The van der Waals surface area contributed by atoms with Gasteiger partial charge in [0, 0.05) is 19.1 Å². The largest absolute Gasteiger partial charge is 0.381 e. The Morgan fingerprint density at radius 3 is 3.12 bits per heavy atom. The predicted octanol–water partition coefficient (Wildman–Crippen LogP) is 1.24. The van der Waals surface area contributed by atoms with Gasteiger partial charge in [0.25, 0.3) is 0 Å². The van der Waals surface area contributed by atoms with Crippen molar-refractivity contribution in [1.29, 1.82) is 0 Å². The maximum absolute atomic E-state index is 5.85. The SMILES string of the molecule is CCC(N)Cc1noc(C2CCCOC2)n1. The van der Waals surface area contributed by atoms with E-state index in [2.05, 4.69) is 17.1 Å². The molecule has 5 nitrogen and oxygen atoms in total. The maximum atomic E-state index is 5.85. The fourth-order valence-electron chi connectivity index (χ4n) is 1.83. The van der Waals surface area contributed by atoms with Crippen LogP contribution in [-0.4, -0.2) is 29.4 Å². The molecule has 1 aliphatic rings. The lowest BCUT2D eigenvalue weighted by atomic mass is 10.0. The standard InChI is InChI=1S/C11H19N3O2/c1-2-9(12)6-10-13-11(16-14-10)8-4-3-5-15-7-8/h8-9H,2-7,12H2,1H3. The van der Waals surface area contributed by atoms with Crippen LogP contribution in [0.25, 0.3) is 0 Å². The zero-order valence-electron chi connectivity index (χ0n) is 9.69. The third-order valence-electron chi connectivity index (χ3n) is 2.96. The zero-order valence-corrected chi connectivity index (χ0v) is 9.69. The van der Waals surface area contributed by atoms with Gasteiger partial charge in [0.1, 0.15) is 0 Å². The summed E-state index contributed by atoms with van der Waals surface area (Å²) in [7, 11) is 0. The number of nitrogens with two attached hydrogens (primary N) is 1. The van der Waals surface area contributed by atoms with Crippen LogP contribution in [0.4, 0.5) is 0 Å². The molecule has 90 valence electrons. The van der Waals surface area contributed by atoms with E-state index in [-0.39, 0.29) is 12.0 Å². The third kappa shape index (κ3) is 2.80. The van der Waals surface area contributed by atoms with E-state index in [0.717, 1.165) is 31.7 Å². The number of hydrogen-bond donors (Lipinski definition) is 1. The van der Waals surface area contributed by atoms with Gasteiger partial charge < -0.3 is 15.0 Å². The molecule has 1 aromatic heterocycles. The third-order valence-corrected chi connectivity index (χ3v) is 2.96. The molecule has 0 radical (unpaired) electrons. The number of hydrogen-bond acceptors (Lipinski definition) is 5. The van der Waals surface area contributed by atoms with Crippen LogP contribution in [0, 0.1) is 0 Å². The summed E-state index contributed by atoms with van der Waals surface area (Å²) in [5, 5.41) is 3.96. The second kappa shape index (κ2) is 5.41. The van der Waals surface area contributed by atoms with E-state index in [9.17, 15) is 0 Å². The summed E-state index contributed by atoms with van der Waals surface area (Å²) in [6, 6.07) is 0.119. The summed E-state index contributed by atoms with van der Waals surface area (Å²) in [6.45, 7) is 3.60. The van der Waals surface area contributed by atoms with Crippen LogP contribution in [0.2, 0.25) is 0 Å². The minimum atomic E-state index is 0.119. The van der Waals surface area contributed by atoms with Crippen molar-refractivity contribution in [1.82, 2.24) is 10.1 Å². The Bertz CT molecular complexity index is 321. The first-order valence-electron chi connectivity index (χ1n) is 5.95. The van der Waals surface area contributed by atoms with Gasteiger partial charge in [-0.2, -0.15) is 4.98 Å². The van der Waals surface area contributed by atoms with Crippen molar-refractivity contribution in [2.75, 3.05) is 13.2 Å². The van der Waals surface area contributed by atoms with Crippen LogP contribution in [0.3, 0.4) is 0 Å². The molecular weight excluding hydrogens is 206 g/mol. The molecule has 0 amide bonds. The van der Waals surface area contributed by atoms with E-state index in [1.165, 1.54) is 0 Å². The lowest BCUT2D eigenvalue weighted by Gasteiger charge is -2.18. The molecule has 0 spiro atoms. The predicted molar refractivity (Wildman–Crippen MR) is 59.1 cm³/mol. The Kier molecular flexibility index (Phi) is 3.90. The second-order valence-electron chi connectivity index (χ2n) is 4.34. The first-order valence-corrected chi connectivity index (χ1v) is 5.95. The van der Waals surface area contributed by atoms with E-state index in [1.54, 1.807) is 0 Å². The fraction of sp³-hybridized carbons (Fsp3) is 0.818. The summed E-state index contributed by atoms with van der Waals surface area (Å²) in [5.74, 6) is 1.70. The highest BCUT2D eigenvalue weighted by Gasteiger charge is 2.22.